The summed E-state index contributed by atoms with van der Waals surface area (Å²) in [5.74, 6) is 0. The van der Waals surface area contributed by atoms with Gasteiger partial charge in [-0.2, -0.15) is 0 Å². The van der Waals surface area contributed by atoms with Crippen molar-refractivity contribution in [2.24, 2.45) is 10.8 Å². The van der Waals surface area contributed by atoms with E-state index in [0.717, 1.165) is 19.5 Å². The van der Waals surface area contributed by atoms with E-state index in [4.69, 9.17) is 9.47 Å². The van der Waals surface area contributed by atoms with Crippen molar-refractivity contribution in [1.82, 2.24) is 9.80 Å². The molecule has 8 aliphatic heterocycles. The number of anilines is 2. The number of benzene rings is 2. The highest BCUT2D eigenvalue weighted by Gasteiger charge is 2.76. The molecule has 12 atom stereocenters. The molecule has 0 amide bonds. The molecule has 0 bridgehead atoms. The van der Waals surface area contributed by atoms with Crippen molar-refractivity contribution in [3.63, 3.8) is 0 Å². The Kier molecular flexibility index (Phi) is 5.06. The summed E-state index contributed by atoms with van der Waals surface area (Å²) in [5, 5.41) is 0. The first-order chi connectivity index (χ1) is 22.9. The summed E-state index contributed by atoms with van der Waals surface area (Å²) in [6.45, 7) is 9.70. The summed E-state index contributed by atoms with van der Waals surface area (Å²) in [7, 11) is 4.80. The van der Waals surface area contributed by atoms with Crippen LogP contribution in [0.15, 0.2) is 36.4 Å². The first kappa shape index (κ1) is 27.7. The quantitative estimate of drug-likeness (QED) is 0.416. The van der Waals surface area contributed by atoms with Crippen LogP contribution in [0.1, 0.15) is 87.5 Å². The van der Waals surface area contributed by atoms with Crippen LogP contribution in [0.4, 0.5) is 11.4 Å². The molecule has 0 N–H and O–H groups in total. The van der Waals surface area contributed by atoms with Crippen molar-refractivity contribution >= 4 is 11.4 Å². The molecule has 0 radical (unpaired) electrons. The zero-order valence-electron chi connectivity index (χ0n) is 28.9. The smallest absolute Gasteiger partial charge is 0.0974 e. The molecule has 8 heterocycles. The van der Waals surface area contributed by atoms with E-state index in [2.05, 4.69) is 83.9 Å². The second-order valence-electron chi connectivity index (χ2n) is 17.9. The van der Waals surface area contributed by atoms with Gasteiger partial charge in [0.1, 0.15) is 0 Å². The Hall–Kier alpha value is -2.12. The highest BCUT2D eigenvalue weighted by atomic mass is 16.6. The number of rotatable bonds is 4. The summed E-state index contributed by atoms with van der Waals surface area (Å²) in [5.41, 5.74) is 10.5. The van der Waals surface area contributed by atoms with Crippen LogP contribution in [0, 0.1) is 10.8 Å². The number of hydrogen-bond donors (Lipinski definition) is 0. The molecule has 6 heteroatoms. The van der Waals surface area contributed by atoms with Crippen molar-refractivity contribution in [3.8, 4) is 0 Å². The second-order valence-corrected chi connectivity index (χ2v) is 17.9. The average Bonchev–Trinajstić information content (AvgIpc) is 3.94. The van der Waals surface area contributed by atoms with Crippen molar-refractivity contribution in [3.05, 3.63) is 58.7 Å². The average molecular weight is 633 g/mol. The van der Waals surface area contributed by atoms with E-state index in [0.29, 0.717) is 59.4 Å². The molecular weight excluding hydrogens is 580 g/mol. The van der Waals surface area contributed by atoms with E-state index in [1.54, 1.807) is 11.1 Å². The van der Waals surface area contributed by atoms with Crippen molar-refractivity contribution in [1.29, 1.82) is 0 Å². The molecule has 0 aromatic heterocycles. The minimum atomic E-state index is 0.237. The monoisotopic (exact) mass is 632 g/mol. The lowest BCUT2D eigenvalue weighted by molar-refractivity contribution is -0.0240. The van der Waals surface area contributed by atoms with E-state index in [1.807, 2.05) is 0 Å². The number of likely N-dealkylation sites (N-methyl/N-ethyl adjacent to an activating group) is 2. The predicted octanol–water partition coefficient (Wildman–Crippen LogP) is 5.48. The molecule has 47 heavy (non-hydrogen) atoms. The summed E-state index contributed by atoms with van der Waals surface area (Å²) in [6.07, 6.45) is 13.4. The molecule has 2 aromatic carbocycles. The predicted molar refractivity (Wildman–Crippen MR) is 185 cm³/mol. The molecule has 12 rings (SSSR count). The summed E-state index contributed by atoms with van der Waals surface area (Å²) in [4.78, 5) is 11.2. The second kappa shape index (κ2) is 8.60. The Morgan fingerprint density at radius 3 is 1.57 bits per heavy atom. The van der Waals surface area contributed by atoms with Crippen molar-refractivity contribution in [2.75, 3.05) is 50.1 Å². The van der Waals surface area contributed by atoms with Gasteiger partial charge in [-0.25, -0.2) is 0 Å². The van der Waals surface area contributed by atoms with Gasteiger partial charge in [0.25, 0.3) is 0 Å². The zero-order chi connectivity index (χ0) is 31.2. The number of epoxide rings is 2. The third kappa shape index (κ3) is 2.94. The van der Waals surface area contributed by atoms with Gasteiger partial charge in [-0.15, -0.1) is 0 Å². The molecule has 2 saturated carbocycles. The highest BCUT2D eigenvalue weighted by Crippen LogP contribution is 2.70. The van der Waals surface area contributed by atoms with Crippen LogP contribution < -0.4 is 9.80 Å². The summed E-state index contributed by atoms with van der Waals surface area (Å²) < 4.78 is 12.9. The van der Waals surface area contributed by atoms with Crippen LogP contribution >= 0.6 is 0 Å². The third-order valence-corrected chi connectivity index (χ3v) is 17.0. The lowest BCUT2D eigenvalue weighted by Crippen LogP contribution is -2.66. The fourth-order valence-corrected chi connectivity index (χ4v) is 15.4. The van der Waals surface area contributed by atoms with Crippen LogP contribution in [0.3, 0.4) is 0 Å². The van der Waals surface area contributed by atoms with E-state index >= 15 is 0 Å². The molecule has 2 spiro atoms. The molecule has 6 saturated heterocycles. The molecule has 2 aliphatic carbocycles. The first-order valence-corrected chi connectivity index (χ1v) is 19.4. The molecule has 12 unspecified atom stereocenters. The van der Waals surface area contributed by atoms with Gasteiger partial charge in [0.05, 0.1) is 24.4 Å². The van der Waals surface area contributed by atoms with Crippen molar-refractivity contribution < 1.29 is 9.47 Å². The Balaban J connectivity index is 0.938. The molecule has 8 fully saturated rings. The minimum Gasteiger partial charge on any atom is -0.370 e. The first-order valence-electron chi connectivity index (χ1n) is 19.4. The van der Waals surface area contributed by atoms with Gasteiger partial charge in [0.2, 0.25) is 0 Å². The summed E-state index contributed by atoms with van der Waals surface area (Å²) >= 11 is 0. The maximum Gasteiger partial charge on any atom is 0.0974 e. The van der Waals surface area contributed by atoms with Crippen LogP contribution in [-0.2, 0) is 26.7 Å². The van der Waals surface area contributed by atoms with Gasteiger partial charge < -0.3 is 19.3 Å². The SMILES string of the molecule is CCC12CCC3N(C)c4ccc(Cc5ccc6c(c5)C57CCN8CC9OC9C(CC)(CCC5N6C)C87)cc4C34CCN(CC3OC31)C24. The van der Waals surface area contributed by atoms with Crippen LogP contribution in [-0.4, -0.2) is 98.7 Å². The van der Waals surface area contributed by atoms with Crippen molar-refractivity contribution in [2.45, 2.75) is 131 Å². The number of ether oxygens (including phenoxy) is 2. The van der Waals surface area contributed by atoms with Gasteiger partial charge in [-0.1, -0.05) is 38.1 Å². The topological polar surface area (TPSA) is 38.0 Å². The molecule has 2 aromatic rings. The van der Waals surface area contributed by atoms with E-state index in [1.165, 1.54) is 87.0 Å². The van der Waals surface area contributed by atoms with E-state index in [9.17, 15) is 0 Å². The van der Waals surface area contributed by atoms with Crippen LogP contribution in [0.25, 0.3) is 0 Å². The van der Waals surface area contributed by atoms with Crippen LogP contribution in [0.5, 0.6) is 0 Å². The highest BCUT2D eigenvalue weighted by molar-refractivity contribution is 5.69. The fraction of sp³-hybridized carbons (Fsp3) is 0.707. The largest absolute Gasteiger partial charge is 0.370 e. The van der Waals surface area contributed by atoms with Gasteiger partial charge >= 0.3 is 0 Å². The maximum atomic E-state index is 6.44. The normalized spacial score (nSPS) is 49.0. The number of hydrogen-bond acceptors (Lipinski definition) is 6. The molecular formula is C41H52N4O2. The fourth-order valence-electron chi connectivity index (χ4n) is 15.4. The lowest BCUT2D eigenvalue weighted by Gasteiger charge is -2.57. The van der Waals surface area contributed by atoms with Gasteiger partial charge in [0, 0.05) is 84.4 Å². The zero-order valence-corrected chi connectivity index (χ0v) is 28.9. The summed E-state index contributed by atoms with van der Waals surface area (Å²) in [6, 6.07) is 17.8. The number of fused-ring (bicyclic) bond motifs is 6. The Bertz CT molecular complexity index is 1610. The van der Waals surface area contributed by atoms with Gasteiger partial charge in [0.15, 0.2) is 0 Å². The molecule has 248 valence electrons. The van der Waals surface area contributed by atoms with Gasteiger partial charge in [-0.3, -0.25) is 9.80 Å². The number of nitrogens with zero attached hydrogens (tertiary/aromatic N) is 4. The standard InChI is InChI=1S/C41H52N4O2/c1-5-38-13-11-32-40(15-17-44(36(38)40)22-30-34(38)46-30)26-20-24(7-9-28(26)42(32)3)19-25-8-10-29-27(21-25)41-16-18-45-23-31-35(47-31)39(6-2,37(41)45)14-12-33(41)43(29)4/h7-10,20-21,30-37H,5-6,11-19,22-23H2,1-4H3. The third-order valence-electron chi connectivity index (χ3n) is 17.0. The van der Waals surface area contributed by atoms with E-state index in [-0.39, 0.29) is 10.8 Å². The van der Waals surface area contributed by atoms with E-state index < -0.39 is 0 Å². The lowest BCUT2D eigenvalue weighted by atomic mass is 9.52. The number of piperidine rings is 2. The maximum absolute atomic E-state index is 6.44. The Morgan fingerprint density at radius 2 is 1.13 bits per heavy atom. The Morgan fingerprint density at radius 1 is 0.660 bits per heavy atom. The minimum absolute atomic E-state index is 0.237. The molecule has 6 nitrogen and oxygen atoms in total. The van der Waals surface area contributed by atoms with Crippen LogP contribution in [0.2, 0.25) is 0 Å². The van der Waals surface area contributed by atoms with Gasteiger partial charge in [-0.05, 0) is 105 Å². The molecule has 10 aliphatic rings. The Labute approximate surface area is 280 Å².